The first-order chi connectivity index (χ1) is 9.22. The van der Waals surface area contributed by atoms with Crippen LogP contribution in [0.15, 0.2) is 15.9 Å². The number of hydrogen-bond acceptors (Lipinski definition) is 3. The summed E-state index contributed by atoms with van der Waals surface area (Å²) in [6, 6.07) is 4.47. The van der Waals surface area contributed by atoms with Crippen LogP contribution in [0.5, 0.6) is 0 Å². The smallest absolute Gasteiger partial charge is 0.263 e. The summed E-state index contributed by atoms with van der Waals surface area (Å²) in [5, 5.41) is 3.64. The van der Waals surface area contributed by atoms with Crippen LogP contribution in [-0.2, 0) is 0 Å². The van der Waals surface area contributed by atoms with E-state index in [0.717, 1.165) is 40.5 Å². The van der Waals surface area contributed by atoms with Crippen molar-refractivity contribution in [2.75, 3.05) is 19.6 Å². The molecule has 1 saturated carbocycles. The van der Waals surface area contributed by atoms with Crippen molar-refractivity contribution in [1.82, 2.24) is 10.2 Å². The Balaban J connectivity index is 0.00000147. The molecule has 0 unspecified atom stereocenters. The summed E-state index contributed by atoms with van der Waals surface area (Å²) in [4.78, 5) is 15.1. The monoisotopic (exact) mass is 378 g/mol. The fourth-order valence-electron chi connectivity index (χ4n) is 2.53. The number of nitrogens with zero attached hydrogens (tertiary/aromatic N) is 1. The van der Waals surface area contributed by atoms with Crippen LogP contribution in [0.3, 0.4) is 0 Å². The van der Waals surface area contributed by atoms with Crippen LogP contribution in [0.25, 0.3) is 0 Å². The predicted octanol–water partition coefficient (Wildman–Crippen LogP) is 3.54. The highest BCUT2D eigenvalue weighted by molar-refractivity contribution is 9.11. The number of nitrogens with one attached hydrogen (secondary N) is 1. The van der Waals surface area contributed by atoms with Gasteiger partial charge < -0.3 is 10.2 Å². The van der Waals surface area contributed by atoms with Gasteiger partial charge in [-0.3, -0.25) is 4.79 Å². The van der Waals surface area contributed by atoms with Crippen molar-refractivity contribution in [3.63, 3.8) is 0 Å². The summed E-state index contributed by atoms with van der Waals surface area (Å²) in [6.45, 7) is 2.95. The largest absolute Gasteiger partial charge is 0.338 e. The molecule has 1 aliphatic heterocycles. The fourth-order valence-corrected chi connectivity index (χ4v) is 3.88. The Bertz CT molecular complexity index is 456. The number of likely N-dealkylation sites (tertiary alicyclic amines) is 1. The Labute approximate surface area is 138 Å². The van der Waals surface area contributed by atoms with Gasteiger partial charge in [0.1, 0.15) is 0 Å². The van der Waals surface area contributed by atoms with Gasteiger partial charge >= 0.3 is 0 Å². The maximum Gasteiger partial charge on any atom is 0.263 e. The number of halogens is 2. The molecule has 2 heterocycles. The number of carbonyl (C=O) groups excluding carboxylic acids is 1. The number of carbonyl (C=O) groups is 1. The van der Waals surface area contributed by atoms with Gasteiger partial charge in [-0.15, -0.1) is 23.7 Å². The molecule has 2 aliphatic rings. The SMILES string of the molecule is Cl.O=C(c1ccc(Br)s1)N1CCC(NCC2CC2)CC1. The van der Waals surface area contributed by atoms with Crippen LogP contribution in [0.4, 0.5) is 0 Å². The van der Waals surface area contributed by atoms with Gasteiger partial charge in [0.25, 0.3) is 5.91 Å². The Hall–Kier alpha value is -0.100. The van der Waals surface area contributed by atoms with Crippen LogP contribution < -0.4 is 5.32 Å². The van der Waals surface area contributed by atoms with Crippen molar-refractivity contribution < 1.29 is 4.79 Å². The lowest BCUT2D eigenvalue weighted by Gasteiger charge is -2.32. The first-order valence-electron chi connectivity index (χ1n) is 7.00. The lowest BCUT2D eigenvalue weighted by molar-refractivity contribution is 0.0710. The number of amides is 1. The van der Waals surface area contributed by atoms with E-state index < -0.39 is 0 Å². The molecule has 0 bridgehead atoms. The third kappa shape index (κ3) is 4.20. The van der Waals surface area contributed by atoms with Crippen LogP contribution in [-0.4, -0.2) is 36.5 Å². The van der Waals surface area contributed by atoms with E-state index in [1.165, 1.54) is 30.7 Å². The Morgan fingerprint density at radius 1 is 1.30 bits per heavy atom. The third-order valence-corrected chi connectivity index (χ3v) is 5.57. The zero-order valence-corrected chi connectivity index (χ0v) is 14.5. The molecule has 0 spiro atoms. The molecule has 1 aromatic rings. The van der Waals surface area contributed by atoms with Gasteiger partial charge in [0, 0.05) is 19.1 Å². The lowest BCUT2D eigenvalue weighted by Crippen LogP contribution is -2.45. The minimum atomic E-state index is 0. The topological polar surface area (TPSA) is 32.3 Å². The second-order valence-corrected chi connectivity index (χ2v) is 7.98. The van der Waals surface area contributed by atoms with Crippen LogP contribution in [0, 0.1) is 5.92 Å². The fraction of sp³-hybridized carbons (Fsp3) is 0.643. The van der Waals surface area contributed by atoms with Crippen molar-refractivity contribution in [1.29, 1.82) is 0 Å². The molecule has 3 nitrogen and oxygen atoms in total. The van der Waals surface area contributed by atoms with Crippen molar-refractivity contribution in [2.24, 2.45) is 5.92 Å². The molecular formula is C14H20BrClN2OS. The standard InChI is InChI=1S/C14H19BrN2OS.ClH/c15-13-4-3-12(19-13)14(18)17-7-5-11(6-8-17)16-9-10-1-2-10;/h3-4,10-11,16H,1-2,5-9H2;1H. The predicted molar refractivity (Wildman–Crippen MR) is 88.9 cm³/mol. The zero-order valence-electron chi connectivity index (χ0n) is 11.3. The van der Waals surface area contributed by atoms with Gasteiger partial charge in [-0.2, -0.15) is 0 Å². The van der Waals surface area contributed by atoms with Gasteiger partial charge in [0.05, 0.1) is 8.66 Å². The summed E-state index contributed by atoms with van der Waals surface area (Å²) < 4.78 is 1.02. The minimum Gasteiger partial charge on any atom is -0.338 e. The molecule has 1 aromatic heterocycles. The van der Waals surface area contributed by atoms with E-state index in [0.29, 0.717) is 6.04 Å². The van der Waals surface area contributed by atoms with Crippen molar-refractivity contribution in [2.45, 2.75) is 31.7 Å². The third-order valence-electron chi connectivity index (χ3n) is 3.96. The van der Waals surface area contributed by atoms with Crippen molar-refractivity contribution in [3.05, 3.63) is 20.8 Å². The molecule has 0 atom stereocenters. The Morgan fingerprint density at radius 2 is 2.00 bits per heavy atom. The first-order valence-corrected chi connectivity index (χ1v) is 8.61. The molecular weight excluding hydrogens is 360 g/mol. The van der Waals surface area contributed by atoms with Crippen LogP contribution in [0.1, 0.15) is 35.4 Å². The van der Waals surface area contributed by atoms with Gasteiger partial charge in [-0.1, -0.05) is 0 Å². The summed E-state index contributed by atoms with van der Waals surface area (Å²) in [5.74, 6) is 1.12. The van der Waals surface area contributed by atoms with E-state index in [9.17, 15) is 4.79 Å². The average Bonchev–Trinajstić information content (AvgIpc) is 3.17. The number of hydrogen-bond donors (Lipinski definition) is 1. The summed E-state index contributed by atoms with van der Waals surface area (Å²) in [6.07, 6.45) is 4.98. The van der Waals surface area contributed by atoms with E-state index in [2.05, 4.69) is 21.2 Å². The lowest BCUT2D eigenvalue weighted by atomic mass is 10.0. The first kappa shape index (κ1) is 16.3. The Morgan fingerprint density at radius 3 is 2.55 bits per heavy atom. The second-order valence-electron chi connectivity index (χ2n) is 5.52. The summed E-state index contributed by atoms with van der Waals surface area (Å²) >= 11 is 4.93. The van der Waals surface area contributed by atoms with Crippen molar-refractivity contribution >= 4 is 45.6 Å². The van der Waals surface area contributed by atoms with Crippen molar-refractivity contribution in [3.8, 4) is 0 Å². The summed E-state index contributed by atoms with van der Waals surface area (Å²) in [7, 11) is 0. The highest BCUT2D eigenvalue weighted by atomic mass is 79.9. The second kappa shape index (κ2) is 7.25. The molecule has 3 rings (SSSR count). The minimum absolute atomic E-state index is 0. The molecule has 2 fully saturated rings. The van der Waals surface area contributed by atoms with Gasteiger partial charge in [-0.05, 0) is 66.2 Å². The Kier molecular flexibility index (Phi) is 5.90. The number of thiophene rings is 1. The molecule has 1 N–H and O–H groups in total. The van der Waals surface area contributed by atoms with E-state index in [-0.39, 0.29) is 18.3 Å². The van der Waals surface area contributed by atoms with Crippen LogP contribution in [0.2, 0.25) is 0 Å². The normalized spacial score (nSPS) is 19.8. The quantitative estimate of drug-likeness (QED) is 0.868. The number of piperidine rings is 1. The number of rotatable bonds is 4. The molecule has 1 aliphatic carbocycles. The molecule has 0 aromatic carbocycles. The van der Waals surface area contributed by atoms with Gasteiger partial charge in [-0.25, -0.2) is 0 Å². The summed E-state index contributed by atoms with van der Waals surface area (Å²) in [5.41, 5.74) is 0. The highest BCUT2D eigenvalue weighted by Gasteiger charge is 2.26. The zero-order chi connectivity index (χ0) is 13.2. The van der Waals surface area contributed by atoms with E-state index >= 15 is 0 Å². The van der Waals surface area contributed by atoms with Gasteiger partial charge in [0.15, 0.2) is 0 Å². The van der Waals surface area contributed by atoms with E-state index in [1.54, 1.807) is 0 Å². The maximum absolute atomic E-state index is 12.3. The molecule has 1 saturated heterocycles. The highest BCUT2D eigenvalue weighted by Crippen LogP contribution is 2.28. The molecule has 1 amide bonds. The molecule has 112 valence electrons. The van der Waals surface area contributed by atoms with Gasteiger partial charge in [0.2, 0.25) is 0 Å². The average molecular weight is 380 g/mol. The van der Waals surface area contributed by atoms with Crippen LogP contribution >= 0.6 is 39.7 Å². The molecule has 20 heavy (non-hydrogen) atoms. The van der Waals surface area contributed by atoms with E-state index in [1.807, 2.05) is 17.0 Å². The molecule has 0 radical (unpaired) electrons. The van der Waals surface area contributed by atoms with E-state index in [4.69, 9.17) is 0 Å². The maximum atomic E-state index is 12.3. The molecule has 6 heteroatoms.